The summed E-state index contributed by atoms with van der Waals surface area (Å²) in [5, 5.41) is 0. The largest absolute Gasteiger partial charge is 0.516 e. The molecular weight excluding hydrogens is 295 g/mol. The van der Waals surface area contributed by atoms with Crippen molar-refractivity contribution in [3.8, 4) is 0 Å². The molecule has 0 radical (unpaired) electrons. The van der Waals surface area contributed by atoms with Gasteiger partial charge in [0, 0.05) is 11.9 Å². The molecule has 0 aromatic heterocycles. The summed E-state index contributed by atoms with van der Waals surface area (Å²) in [6.07, 6.45) is 0.919. The van der Waals surface area contributed by atoms with Crippen molar-refractivity contribution in [3.05, 3.63) is 24.3 Å². The van der Waals surface area contributed by atoms with Gasteiger partial charge >= 0.3 is 15.5 Å². The number of alkyl halides is 3. The van der Waals surface area contributed by atoms with Crippen LogP contribution < -0.4 is 4.72 Å². The molecule has 0 amide bonds. The van der Waals surface area contributed by atoms with Crippen LogP contribution in [-0.4, -0.2) is 28.6 Å². The van der Waals surface area contributed by atoms with Gasteiger partial charge in [-0.1, -0.05) is 0 Å². The van der Waals surface area contributed by atoms with E-state index in [1.165, 1.54) is 4.72 Å². The van der Waals surface area contributed by atoms with Crippen LogP contribution in [-0.2, 0) is 19.9 Å². The van der Waals surface area contributed by atoms with Crippen molar-refractivity contribution < 1.29 is 30.0 Å². The molecule has 0 spiro atoms. The van der Waals surface area contributed by atoms with Gasteiger partial charge in [0.2, 0.25) is 0 Å². The van der Waals surface area contributed by atoms with Crippen LogP contribution in [0, 0.1) is 0 Å². The van der Waals surface area contributed by atoms with Gasteiger partial charge in [0.15, 0.2) is 9.84 Å². The summed E-state index contributed by atoms with van der Waals surface area (Å²) in [6, 6.07) is 3.87. The minimum atomic E-state index is -5.50. The lowest BCUT2D eigenvalue weighted by molar-refractivity contribution is -0.0429. The van der Waals surface area contributed by atoms with Crippen LogP contribution in [0.1, 0.15) is 0 Å². The van der Waals surface area contributed by atoms with E-state index in [0.29, 0.717) is 0 Å². The highest BCUT2D eigenvalue weighted by molar-refractivity contribution is 7.93. The first-order chi connectivity index (χ1) is 7.93. The normalized spacial score (nSPS) is 13.3. The van der Waals surface area contributed by atoms with Gasteiger partial charge in [-0.3, -0.25) is 4.72 Å². The van der Waals surface area contributed by atoms with Crippen molar-refractivity contribution in [1.82, 2.24) is 0 Å². The SMILES string of the molecule is CS(=O)(=O)c1ccc(NS(=O)(=O)C(F)(F)F)cc1. The van der Waals surface area contributed by atoms with E-state index in [9.17, 15) is 30.0 Å². The average Bonchev–Trinajstić information content (AvgIpc) is 2.14. The number of sulfonamides is 1. The Morgan fingerprint density at radius 1 is 1.00 bits per heavy atom. The standard InChI is InChI=1S/C8H8F3NO4S2/c1-17(13,14)7-4-2-6(3-5-7)12-18(15,16)8(9,10)11/h2-5,12H,1H3. The maximum Gasteiger partial charge on any atom is 0.516 e. The van der Waals surface area contributed by atoms with Crippen LogP contribution in [0.5, 0.6) is 0 Å². The molecule has 0 fully saturated rings. The third-order valence-corrected chi connectivity index (χ3v) is 4.08. The Kier molecular flexibility index (Phi) is 3.63. The van der Waals surface area contributed by atoms with E-state index in [4.69, 9.17) is 0 Å². The molecule has 0 bridgehead atoms. The molecule has 0 saturated carbocycles. The lowest BCUT2D eigenvalue weighted by Gasteiger charge is -2.10. The average molecular weight is 303 g/mol. The number of nitrogens with one attached hydrogen (secondary N) is 1. The van der Waals surface area contributed by atoms with Gasteiger partial charge < -0.3 is 0 Å². The molecule has 0 aliphatic rings. The second-order valence-electron chi connectivity index (χ2n) is 3.35. The quantitative estimate of drug-likeness (QED) is 0.914. The van der Waals surface area contributed by atoms with E-state index in [1.807, 2.05) is 0 Å². The number of halogens is 3. The fourth-order valence-electron chi connectivity index (χ4n) is 0.983. The van der Waals surface area contributed by atoms with E-state index in [0.717, 1.165) is 30.5 Å². The number of anilines is 1. The number of hydrogen-bond donors (Lipinski definition) is 1. The highest BCUT2D eigenvalue weighted by atomic mass is 32.2. The lowest BCUT2D eigenvalue weighted by Crippen LogP contribution is -2.29. The molecule has 10 heteroatoms. The predicted octanol–water partition coefficient (Wildman–Crippen LogP) is 1.35. The molecule has 1 rings (SSSR count). The first kappa shape index (κ1) is 14.8. The molecule has 1 aromatic carbocycles. The topological polar surface area (TPSA) is 80.3 Å². The second kappa shape index (κ2) is 4.43. The Morgan fingerprint density at radius 3 is 1.78 bits per heavy atom. The van der Waals surface area contributed by atoms with Gasteiger partial charge in [-0.25, -0.2) is 8.42 Å². The highest BCUT2D eigenvalue weighted by Gasteiger charge is 2.45. The van der Waals surface area contributed by atoms with Crippen LogP contribution in [0.3, 0.4) is 0 Å². The van der Waals surface area contributed by atoms with Gasteiger partial charge in [-0.2, -0.15) is 21.6 Å². The summed E-state index contributed by atoms with van der Waals surface area (Å²) in [7, 11) is -8.99. The fourth-order valence-corrected chi connectivity index (χ4v) is 2.18. The zero-order chi connectivity index (χ0) is 14.2. The van der Waals surface area contributed by atoms with Crippen molar-refractivity contribution in [3.63, 3.8) is 0 Å². The first-order valence-electron chi connectivity index (χ1n) is 4.33. The zero-order valence-electron chi connectivity index (χ0n) is 8.89. The number of benzene rings is 1. The van der Waals surface area contributed by atoms with Gasteiger partial charge in [0.1, 0.15) is 0 Å². The van der Waals surface area contributed by atoms with Crippen molar-refractivity contribution >= 4 is 25.5 Å². The van der Waals surface area contributed by atoms with Crippen LogP contribution in [0.15, 0.2) is 29.2 Å². The number of sulfone groups is 1. The molecule has 0 atom stereocenters. The van der Waals surface area contributed by atoms with Crippen molar-refractivity contribution in [1.29, 1.82) is 0 Å². The summed E-state index contributed by atoms with van der Waals surface area (Å²) in [6.45, 7) is 0. The lowest BCUT2D eigenvalue weighted by atomic mass is 10.3. The minimum Gasteiger partial charge on any atom is -0.276 e. The molecule has 0 heterocycles. The first-order valence-corrected chi connectivity index (χ1v) is 7.70. The van der Waals surface area contributed by atoms with E-state index < -0.39 is 25.4 Å². The molecule has 18 heavy (non-hydrogen) atoms. The number of hydrogen-bond acceptors (Lipinski definition) is 4. The molecule has 102 valence electrons. The van der Waals surface area contributed by atoms with E-state index in [1.54, 1.807) is 0 Å². The smallest absolute Gasteiger partial charge is 0.276 e. The summed E-state index contributed by atoms with van der Waals surface area (Å²) in [5.41, 5.74) is -5.80. The third-order valence-electron chi connectivity index (χ3n) is 1.84. The Labute approximate surface area is 102 Å². The van der Waals surface area contributed by atoms with Gasteiger partial charge in [-0.15, -0.1) is 0 Å². The zero-order valence-corrected chi connectivity index (χ0v) is 10.5. The monoisotopic (exact) mass is 303 g/mol. The van der Waals surface area contributed by atoms with Gasteiger partial charge in [0.05, 0.1) is 4.90 Å². The summed E-state index contributed by atoms with van der Waals surface area (Å²) in [5.74, 6) is 0. The van der Waals surface area contributed by atoms with Crippen LogP contribution in [0.2, 0.25) is 0 Å². The predicted molar refractivity (Wildman–Crippen MR) is 58.1 cm³/mol. The van der Waals surface area contributed by atoms with Crippen molar-refractivity contribution in [2.75, 3.05) is 11.0 Å². The van der Waals surface area contributed by atoms with E-state index >= 15 is 0 Å². The molecule has 0 aliphatic carbocycles. The Bertz CT molecular complexity index is 632. The van der Waals surface area contributed by atoms with E-state index in [2.05, 4.69) is 0 Å². The molecule has 5 nitrogen and oxygen atoms in total. The van der Waals surface area contributed by atoms with Gasteiger partial charge in [0.25, 0.3) is 0 Å². The van der Waals surface area contributed by atoms with Crippen molar-refractivity contribution in [2.45, 2.75) is 10.4 Å². The molecular formula is C8H8F3NO4S2. The Balaban J connectivity index is 3.03. The molecule has 0 aliphatic heterocycles. The minimum absolute atomic E-state index is 0.127. The van der Waals surface area contributed by atoms with Crippen LogP contribution >= 0.6 is 0 Å². The molecule has 1 N–H and O–H groups in total. The van der Waals surface area contributed by atoms with Crippen molar-refractivity contribution in [2.24, 2.45) is 0 Å². The van der Waals surface area contributed by atoms with Crippen LogP contribution in [0.25, 0.3) is 0 Å². The third kappa shape index (κ3) is 3.35. The summed E-state index contributed by atoms with van der Waals surface area (Å²) in [4.78, 5) is -0.127. The number of rotatable bonds is 3. The second-order valence-corrected chi connectivity index (χ2v) is 7.04. The highest BCUT2D eigenvalue weighted by Crippen LogP contribution is 2.25. The van der Waals surface area contributed by atoms with Gasteiger partial charge in [-0.05, 0) is 24.3 Å². The Hall–Kier alpha value is -1.29. The maximum atomic E-state index is 12.0. The molecule has 1 aromatic rings. The molecule has 0 saturated heterocycles. The van der Waals surface area contributed by atoms with Crippen LogP contribution in [0.4, 0.5) is 18.9 Å². The summed E-state index contributed by atoms with van der Waals surface area (Å²) >= 11 is 0. The fraction of sp³-hybridized carbons (Fsp3) is 0.250. The maximum absolute atomic E-state index is 12.0. The Morgan fingerprint density at radius 2 is 1.44 bits per heavy atom. The van der Waals surface area contributed by atoms with E-state index in [-0.39, 0.29) is 10.6 Å². The molecule has 0 unspecified atom stereocenters. The summed E-state index contributed by atoms with van der Waals surface area (Å²) < 4.78 is 81.1.